The Labute approximate surface area is 234 Å². The van der Waals surface area contributed by atoms with Crippen molar-refractivity contribution in [2.45, 2.75) is 38.8 Å². The second kappa shape index (κ2) is 11.6. The molecular weight excluding hydrogens is 504 g/mol. The standard InChI is InChI=1S/C25H32N6O3.C6H6/c1-15(26)23(30(3)27)17-10-21-22(28-12-17)19-5-4-18(25(2)14-29-24(32)34-25)11-20(19)31(21)13-16-6-8-33-9-7-16;1-2-4-6-5-3-1/h4-5,10-12,16H,6-9,13-14,26-27H2,1-3H3,(H,29,32);1-6H/b23-15-;. The highest BCUT2D eigenvalue weighted by molar-refractivity contribution is 6.06. The maximum atomic E-state index is 11.8. The smallest absolute Gasteiger partial charge is 0.408 e. The molecule has 0 bridgehead atoms. The van der Waals surface area contributed by atoms with Crippen LogP contribution in [0.3, 0.4) is 0 Å². The van der Waals surface area contributed by atoms with Crippen molar-refractivity contribution in [3.05, 3.63) is 83.7 Å². The van der Waals surface area contributed by atoms with Crippen LogP contribution in [0.2, 0.25) is 0 Å². The van der Waals surface area contributed by atoms with Gasteiger partial charge in [-0.25, -0.2) is 10.6 Å². The lowest BCUT2D eigenvalue weighted by Crippen LogP contribution is -2.26. The van der Waals surface area contributed by atoms with Crippen molar-refractivity contribution in [3.63, 3.8) is 0 Å². The number of fused-ring (bicyclic) bond motifs is 3. The Hall–Kier alpha value is -4.08. The highest BCUT2D eigenvalue weighted by Crippen LogP contribution is 2.36. The molecule has 5 N–H and O–H groups in total. The number of hydrogen-bond donors (Lipinski definition) is 3. The molecule has 2 aromatic heterocycles. The number of amides is 1. The number of nitrogens with one attached hydrogen (secondary N) is 1. The van der Waals surface area contributed by atoms with Crippen molar-refractivity contribution in [1.29, 1.82) is 0 Å². The molecule has 4 heterocycles. The topological polar surface area (TPSA) is 121 Å². The van der Waals surface area contributed by atoms with Gasteiger partial charge in [-0.15, -0.1) is 0 Å². The van der Waals surface area contributed by atoms with Crippen LogP contribution >= 0.6 is 0 Å². The van der Waals surface area contributed by atoms with Gasteiger partial charge in [0.1, 0.15) is 0 Å². The zero-order chi connectivity index (χ0) is 28.3. The SMILES string of the molecule is C/C(N)=C(\c1cnc2c3ccc(C4(C)CNC(=O)O4)cc3n(CC3CCOCC3)c2c1)N(C)N.c1ccccc1. The molecule has 0 aliphatic carbocycles. The van der Waals surface area contributed by atoms with E-state index in [1.807, 2.05) is 62.5 Å². The first-order chi connectivity index (χ1) is 19.3. The van der Waals surface area contributed by atoms with E-state index in [-0.39, 0.29) is 6.09 Å². The van der Waals surface area contributed by atoms with Gasteiger partial charge in [0.25, 0.3) is 0 Å². The lowest BCUT2D eigenvalue weighted by atomic mass is 9.95. The number of rotatable bonds is 5. The first kappa shape index (κ1) is 27.5. The van der Waals surface area contributed by atoms with E-state index in [1.54, 1.807) is 7.05 Å². The van der Waals surface area contributed by atoms with Crippen LogP contribution in [0.25, 0.3) is 27.6 Å². The van der Waals surface area contributed by atoms with Crippen LogP contribution in [0.15, 0.2) is 72.6 Å². The summed E-state index contributed by atoms with van der Waals surface area (Å²) in [6.07, 6.45) is 3.48. The van der Waals surface area contributed by atoms with E-state index in [0.29, 0.717) is 18.2 Å². The number of ether oxygens (including phenoxy) is 2. The van der Waals surface area contributed by atoms with E-state index in [2.05, 4.69) is 28.1 Å². The summed E-state index contributed by atoms with van der Waals surface area (Å²) in [4.78, 5) is 16.6. The molecule has 1 unspecified atom stereocenters. The number of aromatic nitrogens is 2. The summed E-state index contributed by atoms with van der Waals surface area (Å²) in [5.41, 5.74) is 11.7. The molecule has 40 heavy (non-hydrogen) atoms. The molecule has 0 spiro atoms. The normalized spacial score (nSPS) is 19.9. The van der Waals surface area contributed by atoms with E-state index in [0.717, 1.165) is 71.4 Å². The first-order valence-electron chi connectivity index (χ1n) is 13.7. The third-order valence-electron chi connectivity index (χ3n) is 7.65. The van der Waals surface area contributed by atoms with Gasteiger partial charge in [0.2, 0.25) is 0 Å². The van der Waals surface area contributed by atoms with E-state index >= 15 is 0 Å². The Kier molecular flexibility index (Phi) is 7.95. The molecule has 9 nitrogen and oxygen atoms in total. The van der Waals surface area contributed by atoms with Crippen LogP contribution in [-0.4, -0.2) is 47.5 Å². The molecule has 0 radical (unpaired) electrons. The minimum atomic E-state index is -0.710. The number of nitrogens with zero attached hydrogens (tertiary/aromatic N) is 3. The Morgan fingerprint density at radius 1 is 1.12 bits per heavy atom. The number of cyclic esters (lactones) is 1. The second-order valence-electron chi connectivity index (χ2n) is 10.8. The lowest BCUT2D eigenvalue weighted by molar-refractivity contribution is 0.0619. The number of carbonyl (C=O) groups is 1. The van der Waals surface area contributed by atoms with Gasteiger partial charge in [-0.1, -0.05) is 48.5 Å². The Morgan fingerprint density at radius 3 is 2.38 bits per heavy atom. The summed E-state index contributed by atoms with van der Waals surface area (Å²) in [6.45, 7) is 6.63. The number of hydrogen-bond acceptors (Lipinski definition) is 7. The quantitative estimate of drug-likeness (QED) is 0.247. The highest BCUT2D eigenvalue weighted by Gasteiger charge is 2.37. The van der Waals surface area contributed by atoms with Crippen LogP contribution in [0.1, 0.15) is 37.8 Å². The molecule has 2 aliphatic heterocycles. The number of pyridine rings is 1. The highest BCUT2D eigenvalue weighted by atomic mass is 16.6. The molecular formula is C31H38N6O3. The third kappa shape index (κ3) is 5.61. The zero-order valence-corrected chi connectivity index (χ0v) is 23.4. The van der Waals surface area contributed by atoms with Crippen LogP contribution < -0.4 is 16.9 Å². The van der Waals surface area contributed by atoms with Gasteiger partial charge in [-0.2, -0.15) is 0 Å². The van der Waals surface area contributed by atoms with Gasteiger partial charge in [0.15, 0.2) is 5.60 Å². The van der Waals surface area contributed by atoms with Crippen molar-refractivity contribution < 1.29 is 14.3 Å². The maximum absolute atomic E-state index is 11.8. The lowest BCUT2D eigenvalue weighted by Gasteiger charge is -2.24. The molecule has 0 saturated carbocycles. The molecule has 210 valence electrons. The Bertz CT molecular complexity index is 1490. The molecule has 2 saturated heterocycles. The van der Waals surface area contributed by atoms with Crippen LogP contribution in [0, 0.1) is 5.92 Å². The number of alkyl carbamates (subject to hydrolysis) is 1. The summed E-state index contributed by atoms with van der Waals surface area (Å²) >= 11 is 0. The van der Waals surface area contributed by atoms with Crippen molar-refractivity contribution >= 4 is 33.7 Å². The number of nitrogens with two attached hydrogens (primary N) is 2. The van der Waals surface area contributed by atoms with E-state index in [4.69, 9.17) is 26.0 Å². The minimum Gasteiger partial charge on any atom is -0.436 e. The Morgan fingerprint density at radius 2 is 1.80 bits per heavy atom. The number of benzene rings is 2. The molecule has 2 fully saturated rings. The predicted molar refractivity (Wildman–Crippen MR) is 158 cm³/mol. The fourth-order valence-electron chi connectivity index (χ4n) is 5.57. The van der Waals surface area contributed by atoms with Gasteiger partial charge in [-0.3, -0.25) is 4.98 Å². The number of allylic oxidation sites excluding steroid dienone is 1. The fraction of sp³-hybridized carbons (Fsp3) is 0.355. The van der Waals surface area contributed by atoms with Crippen molar-refractivity contribution in [1.82, 2.24) is 19.9 Å². The van der Waals surface area contributed by atoms with Gasteiger partial charge in [0.05, 0.1) is 28.8 Å². The second-order valence-corrected chi connectivity index (χ2v) is 10.8. The number of hydrazine groups is 1. The van der Waals surface area contributed by atoms with Gasteiger partial charge >= 0.3 is 6.09 Å². The maximum Gasteiger partial charge on any atom is 0.408 e. The summed E-state index contributed by atoms with van der Waals surface area (Å²) in [7, 11) is 1.78. The zero-order valence-electron chi connectivity index (χ0n) is 23.4. The van der Waals surface area contributed by atoms with Gasteiger partial charge in [0, 0.05) is 49.6 Å². The fourth-order valence-corrected chi connectivity index (χ4v) is 5.57. The van der Waals surface area contributed by atoms with Crippen LogP contribution in [0.4, 0.5) is 4.79 Å². The minimum absolute atomic E-state index is 0.390. The molecule has 6 rings (SSSR count). The summed E-state index contributed by atoms with van der Waals surface area (Å²) in [6, 6.07) is 20.4. The van der Waals surface area contributed by atoms with Gasteiger partial charge in [-0.05, 0) is 50.3 Å². The molecule has 4 aromatic rings. The third-order valence-corrected chi connectivity index (χ3v) is 7.65. The summed E-state index contributed by atoms with van der Waals surface area (Å²) in [5, 5.41) is 5.37. The van der Waals surface area contributed by atoms with Crippen molar-refractivity contribution in [2.24, 2.45) is 17.5 Å². The molecule has 1 amide bonds. The van der Waals surface area contributed by atoms with E-state index in [9.17, 15) is 4.79 Å². The van der Waals surface area contributed by atoms with Crippen molar-refractivity contribution in [2.75, 3.05) is 26.8 Å². The molecule has 9 heteroatoms. The summed E-state index contributed by atoms with van der Waals surface area (Å²) < 4.78 is 13.6. The monoisotopic (exact) mass is 542 g/mol. The predicted octanol–water partition coefficient (Wildman–Crippen LogP) is 4.71. The van der Waals surface area contributed by atoms with Crippen molar-refractivity contribution in [3.8, 4) is 0 Å². The summed E-state index contributed by atoms with van der Waals surface area (Å²) in [5.74, 6) is 6.60. The van der Waals surface area contributed by atoms with E-state index < -0.39 is 5.60 Å². The largest absolute Gasteiger partial charge is 0.436 e. The average Bonchev–Trinajstić information content (AvgIpc) is 3.46. The van der Waals surface area contributed by atoms with Crippen LogP contribution in [0.5, 0.6) is 0 Å². The molecule has 2 aromatic carbocycles. The van der Waals surface area contributed by atoms with Gasteiger partial charge < -0.3 is 30.1 Å². The molecule has 2 aliphatic rings. The first-order valence-corrected chi connectivity index (χ1v) is 13.7. The van der Waals surface area contributed by atoms with Crippen LogP contribution in [-0.2, 0) is 21.6 Å². The molecule has 1 atom stereocenters. The Balaban J connectivity index is 0.000000477. The number of carbonyl (C=O) groups excluding carboxylic acids is 1. The van der Waals surface area contributed by atoms with E-state index in [1.165, 1.54) is 5.01 Å². The average molecular weight is 543 g/mol.